The van der Waals surface area contributed by atoms with Gasteiger partial charge in [0.1, 0.15) is 0 Å². The molecular formula is C114H174N6O18. The van der Waals surface area contributed by atoms with Crippen molar-refractivity contribution in [2.45, 2.75) is 270 Å². The molecule has 6 aromatic rings. The maximum absolute atomic E-state index is 11.5. The quantitative estimate of drug-likeness (QED) is 0.0329. The maximum Gasteiger partial charge on any atom is 0.161 e. The fraction of sp³-hybridized carbons (Fsp3) is 0.684. The normalized spacial score (nSPS) is 55.3. The third kappa shape index (κ3) is 25.4. The molecule has 0 radical (unpaired) electrons. The lowest BCUT2D eigenvalue weighted by atomic mass is 9.79. The van der Waals surface area contributed by atoms with E-state index in [0.717, 1.165) is 64.0 Å². The number of aliphatic hydroxyl groups is 6. The molecule has 6 aromatic carbocycles. The summed E-state index contributed by atoms with van der Waals surface area (Å²) in [5, 5.41) is 68.0. The molecule has 24 nitrogen and oxygen atoms in total. The summed E-state index contributed by atoms with van der Waals surface area (Å²) in [4.78, 5) is -0.670. The van der Waals surface area contributed by atoms with Crippen LogP contribution >= 0.6 is 0 Å². The van der Waals surface area contributed by atoms with Gasteiger partial charge in [0.05, 0.1) is 159 Å². The third-order valence-corrected chi connectivity index (χ3v) is 20.4. The third-order valence-electron chi connectivity index (χ3n) is 20.4. The fourth-order valence-corrected chi connectivity index (χ4v) is 14.3. The van der Waals surface area contributed by atoms with Crippen molar-refractivity contribution in [1.82, 2.24) is 29.4 Å². The largest absolute Gasteiger partial charge is 0.493 e. The predicted octanol–water partition coefficient (Wildman–Crippen LogP) is 18.2. The Morgan fingerprint density at radius 1 is 0.283 bits per heavy atom. The number of nitrogens with zero attached hydrogens (tertiary/aromatic N) is 6. The highest BCUT2D eigenvalue weighted by Crippen LogP contribution is 2.52. The van der Waals surface area contributed by atoms with E-state index in [1.807, 2.05) is 0 Å². The van der Waals surface area contributed by atoms with E-state index >= 15 is 0 Å². The standard InChI is InChI=1S/6C19H29NO3/c6*1-12(2)7-14-11-20-6-5-13-8-18(22-3)19(23-4)9-15(13)16(20)10-17(14)21/h6*8-9,12,14,16-17,21H,5-7,10-11H2,1-4H3/i1D3,4D3,5D2,6D2,7D2,8D,9D,10D2,11D2,12D,14D,17D;2*1D3,5D2,6D2,7D2,8D,9D,10D2,11D2,12D,14D,17D;2*4D3,5D2,6D2,8D,9D,10D2,11D2,14D,17D;5D2,6D2,8D,9D,10D2,11D2,14D,17D. The first-order chi connectivity index (χ1) is 104. The summed E-state index contributed by atoms with van der Waals surface area (Å²) in [6.45, 7) is -45.4. The molecule has 0 bridgehead atoms. The lowest BCUT2D eigenvalue weighted by Gasteiger charge is -2.46. The Morgan fingerprint density at radius 2 is 0.442 bits per heavy atom. The Bertz CT molecular complexity index is 9660. The molecule has 12 aliphatic rings. The van der Waals surface area contributed by atoms with E-state index in [-0.39, 0.29) is 24.5 Å². The second kappa shape index (κ2) is 49.1. The maximum atomic E-state index is 11.5. The molecule has 12 heterocycles. The van der Waals surface area contributed by atoms with Crippen molar-refractivity contribution in [3.05, 3.63) is 139 Å². The highest BCUT2D eigenvalue weighted by atomic mass is 16.5. The first-order valence-corrected chi connectivity index (χ1v) is 41.8. The molecule has 0 aliphatic carbocycles. The molecule has 6 saturated heterocycles. The molecule has 12 aliphatic heterocycles. The van der Waals surface area contributed by atoms with Gasteiger partial charge in [-0.05, 0) is 325 Å². The number of rotatable bonds is 24. The zero-order valence-corrected chi connectivity index (χ0v) is 77.6. The van der Waals surface area contributed by atoms with E-state index in [4.69, 9.17) is 193 Å². The molecule has 0 saturated carbocycles. The highest BCUT2D eigenvalue weighted by Gasteiger charge is 2.47. The summed E-state index contributed by atoms with van der Waals surface area (Å²) in [5.74, 6) is -43.2. The van der Waals surface area contributed by atoms with Crippen molar-refractivity contribution in [3.63, 3.8) is 0 Å². The van der Waals surface area contributed by atoms with Gasteiger partial charge in [0.15, 0.2) is 69.0 Å². The smallest absolute Gasteiger partial charge is 0.161 e. The Kier molecular flexibility index (Phi) is 13.4. The summed E-state index contributed by atoms with van der Waals surface area (Å²) in [6, 6.07) is -27.2. The van der Waals surface area contributed by atoms with E-state index in [1.165, 1.54) is 27.7 Å². The van der Waals surface area contributed by atoms with Crippen molar-refractivity contribution >= 4 is 0 Å². The van der Waals surface area contributed by atoms with E-state index in [2.05, 4.69) is 0 Å². The first-order valence-electron chi connectivity index (χ1n) is 91.3. The van der Waals surface area contributed by atoms with Gasteiger partial charge >= 0.3 is 0 Å². The summed E-state index contributed by atoms with van der Waals surface area (Å²) in [6.07, 6.45) is -81.1. The van der Waals surface area contributed by atoms with E-state index < -0.39 is 591 Å². The minimum absolute atomic E-state index is 0.0593. The van der Waals surface area contributed by atoms with Crippen LogP contribution in [-0.4, -0.2) is 260 Å². The highest BCUT2D eigenvalue weighted by molar-refractivity contribution is 5.55. The van der Waals surface area contributed by atoms with Crippen molar-refractivity contribution in [3.8, 4) is 69.0 Å². The van der Waals surface area contributed by atoms with Gasteiger partial charge in [-0.1, -0.05) is 82.9 Å². The molecule has 6 fully saturated rings. The van der Waals surface area contributed by atoms with Crippen LogP contribution < -0.4 is 56.8 Å². The van der Waals surface area contributed by atoms with Crippen LogP contribution in [0.25, 0.3) is 0 Å². The molecule has 768 valence electrons. The zero-order chi connectivity index (χ0) is 187. The topological polar surface area (TPSA) is 252 Å². The zero-order valence-electron chi connectivity index (χ0n) is 177. The van der Waals surface area contributed by atoms with Crippen molar-refractivity contribution in [2.75, 3.05) is 163 Å². The van der Waals surface area contributed by atoms with Crippen LogP contribution in [0.4, 0.5) is 0 Å². The van der Waals surface area contributed by atoms with Crippen LogP contribution in [0.3, 0.4) is 0 Å². The van der Waals surface area contributed by atoms with Gasteiger partial charge in [0, 0.05) is 213 Å². The molecule has 0 spiro atoms. The molecule has 138 heavy (non-hydrogen) atoms. The summed E-state index contributed by atoms with van der Waals surface area (Å²) < 4.78 is 899. The molecular weight excluding hydrogens is 1740 g/mol. The second-order valence-electron chi connectivity index (χ2n) is 31.6. The fourth-order valence-electron chi connectivity index (χ4n) is 14.3. The van der Waals surface area contributed by atoms with Crippen molar-refractivity contribution < 1.29 is 223 Å². The SMILES string of the molecule is [2H]c1c(OC([2H])([2H])[2H])c(OC)c([2H])c2c1C1N(C([2H])([2H])C2([2H])[2H])C([2H])([2H])C([2H])(C([2H])([2H])C([2H])(C)C([2H])([2H])[2H])C([2H])(O)C1([2H])[2H].[2H]c1c(OC([2H])([2H])[2H])c(OC)c([2H])c2c1C1N(C([2H])([2H])C2([2H])[2H])C([2H])([2H])C([2H])(CC(C)C)C([2H])(O)C1([2H])[2H].[2H]c1c(OC([2H])([2H])[2H])c(OC)c([2H])c2c1C1N(C([2H])([2H])C2([2H])[2H])C([2H])([2H])C([2H])(CC(C)C)C([2H])(O)C1([2H])[2H].[2H]c1c(OC)c(OC)c([2H])c2c1C1N(C([2H])([2H])C2([2H])[2H])C([2H])([2H])C([2H])(C([2H])([2H])C([2H])(C)C([2H])([2H])[2H])C([2H])(O)C1([2H])[2H].[2H]c1c(OC)c(OC)c([2H])c2c1C1N(C([2H])([2H])C2([2H])[2H])C([2H])([2H])C([2H])(C([2H])([2H])C([2H])(C)C([2H])([2H])[2H])C([2H])(O)C1([2H])[2H].[2H]c1c(OC)c(OC)c([2H])c2c1C1N(C([2H])([2H])C2([2H])[2H])C([2H])([2H])C([2H])(CC(C)C)C([2H])(O)C1([2H])[2H]. The number of hydrogen-bond donors (Lipinski definition) is 6. The number of piperidine rings is 6. The van der Waals surface area contributed by atoms with Gasteiger partial charge in [0.25, 0.3) is 0 Å². The van der Waals surface area contributed by atoms with E-state index in [1.54, 1.807) is 13.8 Å². The Hall–Kier alpha value is -7.56. The van der Waals surface area contributed by atoms with E-state index in [9.17, 15) is 30.6 Å². The lowest BCUT2D eigenvalue weighted by Crippen LogP contribution is -2.48. The van der Waals surface area contributed by atoms with Crippen LogP contribution in [0.2, 0.25) is 0 Å². The summed E-state index contributed by atoms with van der Waals surface area (Å²) in [5.41, 5.74) is -11.4. The molecule has 21 atom stereocenters. The van der Waals surface area contributed by atoms with Crippen LogP contribution in [0.5, 0.6) is 69.0 Å². The average Bonchev–Trinajstić information content (AvgIpc) is 0.637. The summed E-state index contributed by atoms with van der Waals surface area (Å²) in [7, 11) is -0.690. The Labute approximate surface area is 966 Å². The van der Waals surface area contributed by atoms with Gasteiger partial charge in [-0.15, -0.1) is 0 Å². The number of hydrogen-bond acceptors (Lipinski definition) is 24. The lowest BCUT2D eigenvalue weighted by molar-refractivity contribution is -0.0192. The molecule has 21 unspecified atom stereocenters. The van der Waals surface area contributed by atoms with Gasteiger partial charge in [-0.25, -0.2) is 0 Å². The van der Waals surface area contributed by atoms with Crippen LogP contribution in [0.1, 0.15) is 398 Å². The molecule has 6 N–H and O–H groups in total. The monoisotopic (exact) mass is 2010 g/mol. The van der Waals surface area contributed by atoms with Gasteiger partial charge in [0.2, 0.25) is 0 Å². The minimum Gasteiger partial charge on any atom is -0.493 e. The van der Waals surface area contributed by atoms with Crippen LogP contribution in [0.15, 0.2) is 72.5 Å². The molecule has 0 aromatic heterocycles. The predicted molar refractivity (Wildman–Crippen MR) is 547 cm³/mol. The molecule has 18 rings (SSSR count). The number of benzene rings is 6. The Morgan fingerprint density at radius 3 is 0.601 bits per heavy atom. The average molecular weight is 2020 g/mol. The molecule has 24 heteroatoms. The minimum atomic E-state index is -4.48. The van der Waals surface area contributed by atoms with Gasteiger partial charge < -0.3 is 87.5 Å². The number of fused-ring (bicyclic) bond motifs is 18. The number of methoxy groups -OCH3 is 12. The first kappa shape index (κ1) is 37.5. The van der Waals surface area contributed by atoms with Crippen molar-refractivity contribution in [1.29, 1.82) is 0 Å². The van der Waals surface area contributed by atoms with Crippen LogP contribution in [-0.2, 0) is 38.2 Å². The van der Waals surface area contributed by atoms with Gasteiger partial charge in [-0.2, -0.15) is 0 Å². The molecule has 0 amide bonds. The van der Waals surface area contributed by atoms with Crippen LogP contribution in [0, 0.1) is 70.8 Å². The summed E-state index contributed by atoms with van der Waals surface area (Å²) >= 11 is 0. The van der Waals surface area contributed by atoms with Gasteiger partial charge in [-0.3, -0.25) is 29.4 Å². The number of ether oxygens (including phenoxy) is 12. The Balaban J connectivity index is 0.000000225. The van der Waals surface area contributed by atoms with E-state index in [0.29, 0.717) is 20.8 Å². The van der Waals surface area contributed by atoms with Crippen molar-refractivity contribution in [2.24, 2.45) is 70.8 Å². The second-order valence-corrected chi connectivity index (χ2v) is 31.6.